The summed E-state index contributed by atoms with van der Waals surface area (Å²) in [5.74, 6) is 1.27. The van der Waals surface area contributed by atoms with E-state index in [0.717, 1.165) is 16.6 Å². The van der Waals surface area contributed by atoms with Crippen molar-refractivity contribution in [3.63, 3.8) is 0 Å². The monoisotopic (exact) mass is 415 g/mol. The Hall–Kier alpha value is -3.82. The van der Waals surface area contributed by atoms with Gasteiger partial charge in [-0.2, -0.15) is 22.7 Å². The number of hydrogen-bond acceptors (Lipinski definition) is 5. The Balaban J connectivity index is 1.58. The summed E-state index contributed by atoms with van der Waals surface area (Å²) < 4.78 is 44.8. The molecule has 0 atom stereocenters. The van der Waals surface area contributed by atoms with Gasteiger partial charge < -0.3 is 15.0 Å². The largest absolute Gasteiger partial charge is 0.497 e. The topological polar surface area (TPSA) is 84.3 Å². The number of ether oxygens (including phenoxy) is 1. The minimum atomic E-state index is -4.43. The van der Waals surface area contributed by atoms with Gasteiger partial charge in [0.05, 0.1) is 19.2 Å². The fraction of sp³-hybridized carbons (Fsp3) is 0.150. The SMILES string of the molecule is COc1ccc(-c2nc3[nH]c(CNc4cccc(C(F)(F)F)c4)cc(=O)n3n2)cc1. The Morgan fingerprint density at radius 1 is 1.13 bits per heavy atom. The van der Waals surface area contributed by atoms with Crippen molar-refractivity contribution in [2.24, 2.45) is 0 Å². The second-order valence-corrected chi connectivity index (χ2v) is 6.46. The van der Waals surface area contributed by atoms with E-state index in [4.69, 9.17) is 4.74 Å². The summed E-state index contributed by atoms with van der Waals surface area (Å²) in [6.07, 6.45) is -4.43. The normalized spacial score (nSPS) is 11.6. The van der Waals surface area contributed by atoms with Crippen molar-refractivity contribution in [1.82, 2.24) is 19.6 Å². The lowest BCUT2D eigenvalue weighted by molar-refractivity contribution is -0.137. The molecule has 4 rings (SSSR count). The van der Waals surface area contributed by atoms with Crippen molar-refractivity contribution in [2.75, 3.05) is 12.4 Å². The van der Waals surface area contributed by atoms with Crippen molar-refractivity contribution in [3.8, 4) is 17.1 Å². The lowest BCUT2D eigenvalue weighted by Crippen LogP contribution is -2.17. The first kappa shape index (κ1) is 19.5. The van der Waals surface area contributed by atoms with Crippen LogP contribution in [-0.4, -0.2) is 26.7 Å². The molecule has 2 heterocycles. The zero-order valence-electron chi connectivity index (χ0n) is 15.7. The van der Waals surface area contributed by atoms with E-state index >= 15 is 0 Å². The van der Waals surface area contributed by atoms with Crippen molar-refractivity contribution in [3.05, 3.63) is 76.2 Å². The summed E-state index contributed by atoms with van der Waals surface area (Å²) in [6.45, 7) is 0.109. The smallest absolute Gasteiger partial charge is 0.416 e. The maximum Gasteiger partial charge on any atom is 0.416 e. The van der Waals surface area contributed by atoms with Crippen molar-refractivity contribution in [1.29, 1.82) is 0 Å². The molecule has 0 spiro atoms. The molecule has 0 aliphatic heterocycles. The van der Waals surface area contributed by atoms with Gasteiger partial charge in [-0.1, -0.05) is 6.07 Å². The number of hydrogen-bond donors (Lipinski definition) is 2. The van der Waals surface area contributed by atoms with Gasteiger partial charge in [-0.25, -0.2) is 0 Å². The Labute approximate surface area is 168 Å². The van der Waals surface area contributed by atoms with Crippen LogP contribution in [0, 0.1) is 0 Å². The second-order valence-electron chi connectivity index (χ2n) is 6.46. The first-order valence-corrected chi connectivity index (χ1v) is 8.88. The molecule has 10 heteroatoms. The van der Waals surface area contributed by atoms with E-state index in [9.17, 15) is 18.0 Å². The van der Waals surface area contributed by atoms with Crippen LogP contribution in [0.5, 0.6) is 5.75 Å². The lowest BCUT2D eigenvalue weighted by Gasteiger charge is -2.10. The lowest BCUT2D eigenvalue weighted by atomic mass is 10.2. The summed E-state index contributed by atoms with van der Waals surface area (Å²) in [4.78, 5) is 19.7. The fourth-order valence-corrected chi connectivity index (χ4v) is 2.90. The number of aromatic amines is 1. The molecule has 154 valence electrons. The molecule has 0 aliphatic carbocycles. The van der Waals surface area contributed by atoms with E-state index in [-0.39, 0.29) is 18.0 Å². The van der Waals surface area contributed by atoms with Gasteiger partial charge in [0.2, 0.25) is 5.78 Å². The molecule has 0 amide bonds. The molecule has 2 N–H and O–H groups in total. The summed E-state index contributed by atoms with van der Waals surface area (Å²) in [5.41, 5.74) is 0.287. The van der Waals surface area contributed by atoms with Crippen molar-refractivity contribution in [2.45, 2.75) is 12.7 Å². The van der Waals surface area contributed by atoms with Gasteiger partial charge in [-0.3, -0.25) is 4.79 Å². The van der Waals surface area contributed by atoms with Gasteiger partial charge >= 0.3 is 6.18 Å². The number of methoxy groups -OCH3 is 1. The van der Waals surface area contributed by atoms with E-state index in [2.05, 4.69) is 20.4 Å². The molecule has 0 saturated heterocycles. The van der Waals surface area contributed by atoms with Crippen LogP contribution in [0.25, 0.3) is 17.2 Å². The van der Waals surface area contributed by atoms with Crippen LogP contribution in [0.1, 0.15) is 11.3 Å². The van der Waals surface area contributed by atoms with Crippen LogP contribution in [-0.2, 0) is 12.7 Å². The summed E-state index contributed by atoms with van der Waals surface area (Å²) >= 11 is 0. The van der Waals surface area contributed by atoms with Crippen LogP contribution in [0.15, 0.2) is 59.4 Å². The molecule has 30 heavy (non-hydrogen) atoms. The second kappa shape index (κ2) is 7.54. The van der Waals surface area contributed by atoms with E-state index in [1.807, 2.05) is 0 Å². The molecule has 4 aromatic rings. The standard InChI is InChI=1S/C20H16F3N5O2/c1-30-16-7-5-12(6-8-16)18-26-19-25-15(10-17(29)28(19)27-18)11-24-14-4-2-3-13(9-14)20(21,22)23/h2-10,24H,11H2,1H3,(H,25,26,27). The van der Waals surface area contributed by atoms with E-state index in [0.29, 0.717) is 22.8 Å². The first-order chi connectivity index (χ1) is 14.3. The molecule has 7 nitrogen and oxygen atoms in total. The number of alkyl halides is 3. The van der Waals surface area contributed by atoms with Crippen LogP contribution in [0.2, 0.25) is 0 Å². The van der Waals surface area contributed by atoms with Gasteiger partial charge in [0.15, 0.2) is 5.82 Å². The first-order valence-electron chi connectivity index (χ1n) is 8.88. The Morgan fingerprint density at radius 3 is 2.60 bits per heavy atom. The van der Waals surface area contributed by atoms with Crippen LogP contribution in [0.3, 0.4) is 0 Å². The third-order valence-electron chi connectivity index (χ3n) is 4.41. The number of nitrogens with zero attached hydrogens (tertiary/aromatic N) is 3. The number of halogens is 3. The molecular weight excluding hydrogens is 399 g/mol. The highest BCUT2D eigenvalue weighted by atomic mass is 19.4. The number of fused-ring (bicyclic) bond motifs is 1. The number of nitrogens with one attached hydrogen (secondary N) is 2. The minimum Gasteiger partial charge on any atom is -0.497 e. The van der Waals surface area contributed by atoms with E-state index in [1.165, 1.54) is 18.2 Å². The molecule has 0 aliphatic rings. The average Bonchev–Trinajstić information content (AvgIpc) is 3.17. The Bertz CT molecular complexity index is 1250. The highest BCUT2D eigenvalue weighted by Crippen LogP contribution is 2.30. The van der Waals surface area contributed by atoms with Crippen LogP contribution in [0.4, 0.5) is 18.9 Å². The molecule has 0 saturated carbocycles. The maximum atomic E-state index is 12.8. The molecule has 0 radical (unpaired) electrons. The fourth-order valence-electron chi connectivity index (χ4n) is 2.90. The Morgan fingerprint density at radius 2 is 1.90 bits per heavy atom. The van der Waals surface area contributed by atoms with Gasteiger partial charge in [-0.05, 0) is 42.5 Å². The number of benzene rings is 2. The third kappa shape index (κ3) is 3.97. The van der Waals surface area contributed by atoms with Crippen molar-refractivity contribution < 1.29 is 17.9 Å². The summed E-state index contributed by atoms with van der Waals surface area (Å²) in [5, 5.41) is 7.09. The third-order valence-corrected chi connectivity index (χ3v) is 4.41. The zero-order chi connectivity index (χ0) is 21.3. The maximum absolute atomic E-state index is 12.8. The number of aromatic nitrogens is 4. The molecule has 2 aromatic heterocycles. The summed E-state index contributed by atoms with van der Waals surface area (Å²) in [7, 11) is 1.56. The predicted octanol–water partition coefficient (Wildman–Crippen LogP) is 3.72. The minimum absolute atomic E-state index is 0.109. The zero-order valence-corrected chi connectivity index (χ0v) is 15.7. The molecule has 0 bridgehead atoms. The number of H-pyrrole nitrogens is 1. The molecule has 0 fully saturated rings. The van der Waals surface area contributed by atoms with Crippen LogP contribution < -0.4 is 15.6 Å². The molecule has 0 unspecified atom stereocenters. The Kier molecular flexibility index (Phi) is 4.90. The number of anilines is 1. The molecular formula is C20H16F3N5O2. The van der Waals surface area contributed by atoms with Gasteiger partial charge in [0, 0.05) is 23.0 Å². The summed E-state index contributed by atoms with van der Waals surface area (Å²) in [6, 6.07) is 13.2. The van der Waals surface area contributed by atoms with E-state index in [1.54, 1.807) is 31.4 Å². The van der Waals surface area contributed by atoms with E-state index < -0.39 is 17.3 Å². The highest BCUT2D eigenvalue weighted by Gasteiger charge is 2.30. The van der Waals surface area contributed by atoms with Gasteiger partial charge in [0.1, 0.15) is 5.75 Å². The average molecular weight is 415 g/mol. The number of rotatable bonds is 5. The predicted molar refractivity (Wildman–Crippen MR) is 104 cm³/mol. The highest BCUT2D eigenvalue weighted by molar-refractivity contribution is 5.58. The molecule has 2 aromatic carbocycles. The van der Waals surface area contributed by atoms with Crippen LogP contribution >= 0.6 is 0 Å². The van der Waals surface area contributed by atoms with Gasteiger partial charge in [0.25, 0.3) is 5.56 Å². The van der Waals surface area contributed by atoms with Gasteiger partial charge in [-0.15, -0.1) is 5.10 Å². The quantitative estimate of drug-likeness (QED) is 0.519. The van der Waals surface area contributed by atoms with Crippen molar-refractivity contribution >= 4 is 11.5 Å².